The lowest BCUT2D eigenvalue weighted by molar-refractivity contribution is -0.118. The molecule has 0 N–H and O–H groups in total. The van der Waals surface area contributed by atoms with E-state index in [1.165, 1.54) is 11.3 Å². The Bertz CT molecular complexity index is 1450. The normalized spacial score (nSPS) is 11.8. The van der Waals surface area contributed by atoms with Gasteiger partial charge in [-0.15, -0.1) is 0 Å². The number of aromatic nitrogens is 3. The number of hydrogen-bond donors (Lipinski definition) is 0. The number of benzene rings is 2. The van der Waals surface area contributed by atoms with Crippen molar-refractivity contribution >= 4 is 54.0 Å². The highest BCUT2D eigenvalue weighted by Crippen LogP contribution is 2.33. The summed E-state index contributed by atoms with van der Waals surface area (Å²) in [4.78, 5) is 19.8. The first-order valence-corrected chi connectivity index (χ1v) is 13.6. The van der Waals surface area contributed by atoms with Crippen LogP contribution in [0.25, 0.3) is 10.2 Å². The number of fused-ring (bicyclic) bond motifs is 1. The summed E-state index contributed by atoms with van der Waals surface area (Å²) in [7, 11) is -3.58. The molecule has 10 heteroatoms. The van der Waals surface area contributed by atoms with Crippen molar-refractivity contribution in [2.24, 2.45) is 0 Å². The van der Waals surface area contributed by atoms with Gasteiger partial charge in [-0.25, -0.2) is 13.4 Å². The number of halogens is 1. The third-order valence-corrected chi connectivity index (χ3v) is 8.47. The summed E-state index contributed by atoms with van der Waals surface area (Å²) in [5.74, 6) is -0.578. The molecule has 2 heterocycles. The molecule has 1 amide bonds. The first-order valence-electron chi connectivity index (χ1n) is 10.8. The van der Waals surface area contributed by atoms with Crippen molar-refractivity contribution in [3.63, 3.8) is 0 Å². The van der Waals surface area contributed by atoms with Gasteiger partial charge in [0, 0.05) is 23.7 Å². The lowest BCUT2D eigenvalue weighted by atomic mass is 10.2. The summed E-state index contributed by atoms with van der Waals surface area (Å²) in [6.07, 6.45) is -0.149. The van der Waals surface area contributed by atoms with E-state index in [-0.39, 0.29) is 23.0 Å². The molecule has 0 unspecified atom stereocenters. The molecule has 0 aliphatic heterocycles. The zero-order valence-electron chi connectivity index (χ0n) is 19.2. The number of sulfone groups is 1. The largest absolute Gasteiger partial charge is 0.286 e. The summed E-state index contributed by atoms with van der Waals surface area (Å²) in [5, 5.41) is 5.60. The maximum absolute atomic E-state index is 13.3. The van der Waals surface area contributed by atoms with Crippen molar-refractivity contribution in [2.75, 3.05) is 17.2 Å². The summed E-state index contributed by atoms with van der Waals surface area (Å²) in [5.41, 5.74) is 3.59. The Morgan fingerprint density at radius 2 is 1.85 bits per heavy atom. The lowest BCUT2D eigenvalue weighted by Crippen LogP contribution is -2.35. The standard InChI is InChI=1S/C24H25ClN4O3S2/c1-16-13-19(25)15-21-23(16)26-24(33-21)28(10-11-29-18(3)14-17(2)27-29)22(30)9-12-34(31,32)20-7-5-4-6-8-20/h4-8,13-15H,9-12H2,1-3H3. The van der Waals surface area contributed by atoms with E-state index in [1.54, 1.807) is 35.2 Å². The van der Waals surface area contributed by atoms with Gasteiger partial charge in [-0.2, -0.15) is 5.10 Å². The van der Waals surface area contributed by atoms with Gasteiger partial charge in [0.25, 0.3) is 0 Å². The Hall–Kier alpha value is -2.75. The second-order valence-electron chi connectivity index (χ2n) is 8.14. The highest BCUT2D eigenvalue weighted by molar-refractivity contribution is 7.91. The number of hydrogen-bond acceptors (Lipinski definition) is 6. The van der Waals surface area contributed by atoms with Crippen molar-refractivity contribution in [2.45, 2.75) is 38.6 Å². The minimum atomic E-state index is -3.58. The Balaban J connectivity index is 1.61. The van der Waals surface area contributed by atoms with Crippen LogP contribution < -0.4 is 4.90 Å². The van der Waals surface area contributed by atoms with Gasteiger partial charge in [0.2, 0.25) is 5.91 Å². The molecule has 0 radical (unpaired) electrons. The van der Waals surface area contributed by atoms with Crippen molar-refractivity contribution < 1.29 is 13.2 Å². The minimum absolute atomic E-state index is 0.149. The van der Waals surface area contributed by atoms with Crippen LogP contribution in [0, 0.1) is 20.8 Å². The molecule has 0 saturated carbocycles. The fourth-order valence-electron chi connectivity index (χ4n) is 3.78. The van der Waals surface area contributed by atoms with E-state index in [0.717, 1.165) is 27.2 Å². The van der Waals surface area contributed by atoms with Gasteiger partial charge in [-0.05, 0) is 56.7 Å². The summed E-state index contributed by atoms with van der Waals surface area (Å²) in [6.45, 7) is 6.58. The monoisotopic (exact) mass is 516 g/mol. The minimum Gasteiger partial charge on any atom is -0.286 e. The highest BCUT2D eigenvalue weighted by atomic mass is 35.5. The number of anilines is 1. The first-order chi connectivity index (χ1) is 16.1. The van der Waals surface area contributed by atoms with Crippen LogP contribution in [0.2, 0.25) is 5.02 Å². The zero-order valence-corrected chi connectivity index (χ0v) is 21.5. The van der Waals surface area contributed by atoms with Crippen molar-refractivity contribution in [3.05, 3.63) is 70.5 Å². The number of rotatable bonds is 8. The molecule has 0 aliphatic carbocycles. The van der Waals surface area contributed by atoms with Crippen LogP contribution in [0.4, 0.5) is 5.13 Å². The van der Waals surface area contributed by atoms with Gasteiger partial charge in [-0.3, -0.25) is 14.4 Å². The molecule has 4 aromatic rings. The number of nitrogens with zero attached hydrogens (tertiary/aromatic N) is 4. The second kappa shape index (κ2) is 9.85. The van der Waals surface area contributed by atoms with E-state index in [0.29, 0.717) is 23.2 Å². The third-order valence-electron chi connectivity index (χ3n) is 5.50. The lowest BCUT2D eigenvalue weighted by Gasteiger charge is -2.20. The number of carbonyl (C=O) groups excluding carboxylic acids is 1. The Morgan fingerprint density at radius 1 is 1.12 bits per heavy atom. The molecule has 34 heavy (non-hydrogen) atoms. The van der Waals surface area contributed by atoms with Crippen LogP contribution in [0.3, 0.4) is 0 Å². The topological polar surface area (TPSA) is 85.2 Å². The number of carbonyl (C=O) groups is 1. The van der Waals surface area contributed by atoms with Gasteiger partial charge >= 0.3 is 0 Å². The number of aryl methyl sites for hydroxylation is 3. The fraction of sp³-hybridized carbons (Fsp3) is 0.292. The second-order valence-corrected chi connectivity index (χ2v) is 11.7. The quantitative estimate of drug-likeness (QED) is 0.330. The molecule has 0 atom stereocenters. The maximum Gasteiger partial charge on any atom is 0.229 e. The molecular weight excluding hydrogens is 492 g/mol. The van der Waals surface area contributed by atoms with E-state index in [4.69, 9.17) is 16.6 Å². The summed E-state index contributed by atoms with van der Waals surface area (Å²) < 4.78 is 28.2. The van der Waals surface area contributed by atoms with E-state index >= 15 is 0 Å². The average molecular weight is 517 g/mol. The molecule has 0 saturated heterocycles. The van der Waals surface area contributed by atoms with Crippen LogP contribution in [0.1, 0.15) is 23.4 Å². The van der Waals surface area contributed by atoms with Gasteiger partial charge in [0.15, 0.2) is 15.0 Å². The molecule has 0 fully saturated rings. The fourth-order valence-corrected chi connectivity index (χ4v) is 6.50. The van der Waals surface area contributed by atoms with Crippen LogP contribution in [-0.4, -0.2) is 41.4 Å². The van der Waals surface area contributed by atoms with Crippen molar-refractivity contribution in [3.8, 4) is 0 Å². The zero-order chi connectivity index (χ0) is 24.5. The molecule has 0 spiro atoms. The van der Waals surface area contributed by atoms with E-state index in [9.17, 15) is 13.2 Å². The smallest absolute Gasteiger partial charge is 0.229 e. The Kier molecular flexibility index (Phi) is 7.06. The molecule has 2 aromatic carbocycles. The summed E-state index contributed by atoms with van der Waals surface area (Å²) in [6, 6.07) is 13.8. The van der Waals surface area contributed by atoms with Gasteiger partial charge < -0.3 is 0 Å². The highest BCUT2D eigenvalue weighted by Gasteiger charge is 2.24. The van der Waals surface area contributed by atoms with Crippen molar-refractivity contribution in [1.29, 1.82) is 0 Å². The molecule has 2 aromatic heterocycles. The molecular formula is C24H25ClN4O3S2. The number of amides is 1. The Labute approximate surface area is 207 Å². The predicted molar refractivity (Wildman–Crippen MR) is 137 cm³/mol. The van der Waals surface area contributed by atoms with E-state index in [1.807, 2.05) is 43.7 Å². The Morgan fingerprint density at radius 3 is 2.53 bits per heavy atom. The van der Waals surface area contributed by atoms with Crippen LogP contribution in [0.5, 0.6) is 0 Å². The third kappa shape index (κ3) is 5.32. The van der Waals surface area contributed by atoms with Crippen LogP contribution in [0.15, 0.2) is 53.4 Å². The molecule has 0 bridgehead atoms. The van der Waals surface area contributed by atoms with Gasteiger partial charge in [0.1, 0.15) is 0 Å². The molecule has 0 aliphatic rings. The van der Waals surface area contributed by atoms with Crippen LogP contribution in [-0.2, 0) is 21.2 Å². The van der Waals surface area contributed by atoms with Gasteiger partial charge in [-0.1, -0.05) is 41.1 Å². The van der Waals surface area contributed by atoms with E-state index < -0.39 is 9.84 Å². The maximum atomic E-state index is 13.3. The predicted octanol–water partition coefficient (Wildman–Crippen LogP) is 4.97. The molecule has 7 nitrogen and oxygen atoms in total. The van der Waals surface area contributed by atoms with E-state index in [2.05, 4.69) is 5.10 Å². The SMILES string of the molecule is Cc1cc(C)n(CCN(C(=O)CCS(=O)(=O)c2ccccc2)c2nc3c(C)cc(Cl)cc3s2)n1. The van der Waals surface area contributed by atoms with Crippen LogP contribution >= 0.6 is 22.9 Å². The molecule has 178 valence electrons. The molecule has 4 rings (SSSR count). The number of thiazole rings is 1. The van der Waals surface area contributed by atoms with Gasteiger partial charge in [0.05, 0.1) is 33.1 Å². The van der Waals surface area contributed by atoms with Crippen molar-refractivity contribution in [1.82, 2.24) is 14.8 Å². The first kappa shape index (κ1) is 24.4. The average Bonchev–Trinajstić information content (AvgIpc) is 3.35. The summed E-state index contributed by atoms with van der Waals surface area (Å²) >= 11 is 7.58.